The van der Waals surface area contributed by atoms with Crippen LogP contribution in [-0.4, -0.2) is 50.7 Å². The molecule has 0 radical (unpaired) electrons. The van der Waals surface area contributed by atoms with Crippen molar-refractivity contribution in [3.63, 3.8) is 0 Å². The van der Waals surface area contributed by atoms with Gasteiger partial charge in [0.25, 0.3) is 0 Å². The molecule has 0 bridgehead atoms. The van der Waals surface area contributed by atoms with E-state index in [1.807, 2.05) is 0 Å². The second-order valence-corrected chi connectivity index (χ2v) is 5.99. The maximum atomic E-state index is 3.53. The van der Waals surface area contributed by atoms with Crippen LogP contribution in [0, 0.1) is 0 Å². The fourth-order valence-corrected chi connectivity index (χ4v) is 2.64. The molecule has 2 N–H and O–H groups in total. The zero-order valence-corrected chi connectivity index (χ0v) is 13.1. The standard InChI is InChI=1S/C15H24BrN3/c16-15-4-2-14(3-5-15)6-8-17-7-1-11-19-12-9-18-10-13-19/h2-5,17-18H,1,6-13H2. The summed E-state index contributed by atoms with van der Waals surface area (Å²) in [5, 5.41) is 6.92. The van der Waals surface area contributed by atoms with Crippen LogP contribution in [0.1, 0.15) is 12.0 Å². The lowest BCUT2D eigenvalue weighted by Gasteiger charge is -2.27. The van der Waals surface area contributed by atoms with Crippen molar-refractivity contribution < 1.29 is 0 Å². The first-order chi connectivity index (χ1) is 9.34. The first kappa shape index (κ1) is 15.0. The van der Waals surface area contributed by atoms with E-state index in [1.165, 1.54) is 31.6 Å². The van der Waals surface area contributed by atoms with Gasteiger partial charge in [-0.25, -0.2) is 0 Å². The normalized spacial score (nSPS) is 16.7. The zero-order chi connectivity index (χ0) is 13.3. The molecule has 0 unspecified atom stereocenters. The maximum absolute atomic E-state index is 3.53. The molecule has 106 valence electrons. The number of hydrogen-bond acceptors (Lipinski definition) is 3. The van der Waals surface area contributed by atoms with Gasteiger partial charge >= 0.3 is 0 Å². The molecule has 19 heavy (non-hydrogen) atoms. The van der Waals surface area contributed by atoms with E-state index in [1.54, 1.807) is 0 Å². The molecule has 1 aliphatic rings. The molecule has 3 nitrogen and oxygen atoms in total. The smallest absolute Gasteiger partial charge is 0.0175 e. The van der Waals surface area contributed by atoms with Crippen LogP contribution in [0.2, 0.25) is 0 Å². The molecular weight excluding hydrogens is 302 g/mol. The van der Waals surface area contributed by atoms with Gasteiger partial charge in [0.05, 0.1) is 0 Å². The minimum atomic E-state index is 1.07. The monoisotopic (exact) mass is 325 g/mol. The Labute approximate surface area is 124 Å². The Morgan fingerprint density at radius 1 is 1.11 bits per heavy atom. The molecule has 0 spiro atoms. The summed E-state index contributed by atoms with van der Waals surface area (Å²) in [4.78, 5) is 2.55. The number of rotatable bonds is 7. The minimum absolute atomic E-state index is 1.07. The van der Waals surface area contributed by atoms with Gasteiger partial charge in [0.2, 0.25) is 0 Å². The molecule has 1 aromatic carbocycles. The predicted octanol–water partition coefficient (Wildman–Crippen LogP) is 1.88. The van der Waals surface area contributed by atoms with E-state index < -0.39 is 0 Å². The fourth-order valence-electron chi connectivity index (χ4n) is 2.37. The molecule has 0 amide bonds. The van der Waals surface area contributed by atoms with E-state index in [2.05, 4.69) is 55.7 Å². The quantitative estimate of drug-likeness (QED) is 0.749. The largest absolute Gasteiger partial charge is 0.316 e. The van der Waals surface area contributed by atoms with Gasteiger partial charge in [0, 0.05) is 30.7 Å². The zero-order valence-electron chi connectivity index (χ0n) is 11.5. The Hall–Kier alpha value is -0.420. The van der Waals surface area contributed by atoms with Crippen molar-refractivity contribution in [3.8, 4) is 0 Å². The first-order valence-electron chi connectivity index (χ1n) is 7.23. The summed E-state index contributed by atoms with van der Waals surface area (Å²) in [7, 11) is 0. The topological polar surface area (TPSA) is 27.3 Å². The first-order valence-corrected chi connectivity index (χ1v) is 8.02. The van der Waals surface area contributed by atoms with Crippen LogP contribution < -0.4 is 10.6 Å². The highest BCUT2D eigenvalue weighted by Gasteiger charge is 2.07. The third-order valence-electron chi connectivity index (χ3n) is 3.54. The van der Waals surface area contributed by atoms with E-state index in [9.17, 15) is 0 Å². The third-order valence-corrected chi connectivity index (χ3v) is 4.07. The van der Waals surface area contributed by atoms with Gasteiger partial charge in [0.15, 0.2) is 0 Å². The number of hydrogen-bond donors (Lipinski definition) is 2. The summed E-state index contributed by atoms with van der Waals surface area (Å²) in [6, 6.07) is 8.60. The highest BCUT2D eigenvalue weighted by atomic mass is 79.9. The Morgan fingerprint density at radius 2 is 1.84 bits per heavy atom. The van der Waals surface area contributed by atoms with Crippen molar-refractivity contribution in [1.82, 2.24) is 15.5 Å². The van der Waals surface area contributed by atoms with Crippen LogP contribution in [-0.2, 0) is 6.42 Å². The van der Waals surface area contributed by atoms with Crippen LogP contribution in [0.3, 0.4) is 0 Å². The van der Waals surface area contributed by atoms with Crippen molar-refractivity contribution >= 4 is 15.9 Å². The fraction of sp³-hybridized carbons (Fsp3) is 0.600. The second-order valence-electron chi connectivity index (χ2n) is 5.07. The second kappa shape index (κ2) is 8.69. The lowest BCUT2D eigenvalue weighted by molar-refractivity contribution is 0.238. The Kier molecular flexibility index (Phi) is 6.85. The molecule has 1 fully saturated rings. The molecule has 0 saturated carbocycles. The summed E-state index contributed by atoms with van der Waals surface area (Å²) < 4.78 is 1.15. The lowest BCUT2D eigenvalue weighted by atomic mass is 10.1. The van der Waals surface area contributed by atoms with E-state index >= 15 is 0 Å². The van der Waals surface area contributed by atoms with E-state index in [-0.39, 0.29) is 0 Å². The van der Waals surface area contributed by atoms with Crippen LogP contribution in [0.15, 0.2) is 28.7 Å². The molecule has 0 aromatic heterocycles. The summed E-state index contributed by atoms with van der Waals surface area (Å²) in [6.45, 7) is 8.14. The summed E-state index contributed by atoms with van der Waals surface area (Å²) in [6.07, 6.45) is 2.36. The summed E-state index contributed by atoms with van der Waals surface area (Å²) in [5.41, 5.74) is 1.40. The van der Waals surface area contributed by atoms with Crippen LogP contribution in [0.25, 0.3) is 0 Å². The Balaban J connectivity index is 1.49. The van der Waals surface area contributed by atoms with E-state index in [0.29, 0.717) is 0 Å². The SMILES string of the molecule is Brc1ccc(CCNCCCN2CCNCC2)cc1. The molecule has 1 saturated heterocycles. The summed E-state index contributed by atoms with van der Waals surface area (Å²) >= 11 is 3.46. The molecule has 1 heterocycles. The molecule has 1 aromatic rings. The molecule has 0 atom stereocenters. The average molecular weight is 326 g/mol. The number of halogens is 1. The number of nitrogens with one attached hydrogen (secondary N) is 2. The van der Waals surface area contributed by atoms with Gasteiger partial charge in [-0.05, 0) is 50.2 Å². The van der Waals surface area contributed by atoms with Gasteiger partial charge in [-0.15, -0.1) is 0 Å². The maximum Gasteiger partial charge on any atom is 0.0175 e. The Bertz CT molecular complexity index is 347. The van der Waals surface area contributed by atoms with Crippen molar-refractivity contribution in [2.45, 2.75) is 12.8 Å². The molecule has 2 rings (SSSR count). The van der Waals surface area contributed by atoms with Crippen molar-refractivity contribution in [3.05, 3.63) is 34.3 Å². The number of benzene rings is 1. The van der Waals surface area contributed by atoms with Gasteiger partial charge < -0.3 is 15.5 Å². The summed E-state index contributed by atoms with van der Waals surface area (Å²) in [5.74, 6) is 0. The average Bonchev–Trinajstić information content (AvgIpc) is 2.46. The van der Waals surface area contributed by atoms with Crippen LogP contribution in [0.5, 0.6) is 0 Å². The van der Waals surface area contributed by atoms with Crippen LogP contribution >= 0.6 is 15.9 Å². The van der Waals surface area contributed by atoms with Crippen LogP contribution in [0.4, 0.5) is 0 Å². The van der Waals surface area contributed by atoms with Crippen molar-refractivity contribution in [1.29, 1.82) is 0 Å². The lowest BCUT2D eigenvalue weighted by Crippen LogP contribution is -2.44. The minimum Gasteiger partial charge on any atom is -0.316 e. The highest BCUT2D eigenvalue weighted by molar-refractivity contribution is 9.10. The molecule has 0 aliphatic carbocycles. The number of piperazine rings is 1. The van der Waals surface area contributed by atoms with Gasteiger partial charge in [0.1, 0.15) is 0 Å². The van der Waals surface area contributed by atoms with Crippen molar-refractivity contribution in [2.24, 2.45) is 0 Å². The third kappa shape index (κ3) is 6.04. The highest BCUT2D eigenvalue weighted by Crippen LogP contribution is 2.10. The number of nitrogens with zero attached hydrogens (tertiary/aromatic N) is 1. The van der Waals surface area contributed by atoms with Gasteiger partial charge in [-0.2, -0.15) is 0 Å². The van der Waals surface area contributed by atoms with E-state index in [0.717, 1.165) is 37.1 Å². The van der Waals surface area contributed by atoms with Gasteiger partial charge in [-0.1, -0.05) is 28.1 Å². The van der Waals surface area contributed by atoms with E-state index in [4.69, 9.17) is 0 Å². The molecule has 1 aliphatic heterocycles. The predicted molar refractivity (Wildman–Crippen MR) is 84.6 cm³/mol. The van der Waals surface area contributed by atoms with Crippen molar-refractivity contribution in [2.75, 3.05) is 45.8 Å². The molecular formula is C15H24BrN3. The Morgan fingerprint density at radius 3 is 2.58 bits per heavy atom. The van der Waals surface area contributed by atoms with Gasteiger partial charge in [-0.3, -0.25) is 0 Å². The molecule has 4 heteroatoms.